The molecule has 0 radical (unpaired) electrons. The maximum absolute atomic E-state index is 14.9. The van der Waals surface area contributed by atoms with E-state index < -0.39 is 7.14 Å². The van der Waals surface area contributed by atoms with Crippen LogP contribution in [0, 0.1) is 10.8 Å². The molecule has 0 aliphatic carbocycles. The summed E-state index contributed by atoms with van der Waals surface area (Å²) < 4.78 is 21.1. The molecule has 28 heavy (non-hydrogen) atoms. The maximum atomic E-state index is 14.9. The van der Waals surface area contributed by atoms with Crippen LogP contribution in [0.15, 0.2) is 65.7 Å². The summed E-state index contributed by atoms with van der Waals surface area (Å²) in [6.45, 7) is 13.5. The molecular weight excluding hydrogens is 365 g/mol. The average Bonchev–Trinajstić information content (AvgIpc) is 3.11. The van der Waals surface area contributed by atoms with Gasteiger partial charge in [0.1, 0.15) is 12.3 Å². The predicted molar refractivity (Wildman–Crippen MR) is 120 cm³/mol. The molecule has 0 amide bonds. The van der Waals surface area contributed by atoms with Crippen molar-refractivity contribution < 1.29 is 9.30 Å². The van der Waals surface area contributed by atoms with E-state index >= 15 is 0 Å². The van der Waals surface area contributed by atoms with Gasteiger partial charge in [0, 0.05) is 10.6 Å². The maximum Gasteiger partial charge on any atom is 0.195 e. The van der Waals surface area contributed by atoms with Gasteiger partial charge in [-0.2, -0.15) is 0 Å². The van der Waals surface area contributed by atoms with Crippen molar-refractivity contribution >= 4 is 23.6 Å². The molecule has 0 bridgehead atoms. The molecule has 2 atom stereocenters. The van der Waals surface area contributed by atoms with Gasteiger partial charge in [0.05, 0.1) is 6.04 Å². The van der Waals surface area contributed by atoms with E-state index in [1.165, 1.54) is 0 Å². The zero-order valence-corrected chi connectivity index (χ0v) is 18.7. The van der Waals surface area contributed by atoms with Gasteiger partial charge in [0.15, 0.2) is 13.0 Å². The third-order valence-electron chi connectivity index (χ3n) is 5.37. The van der Waals surface area contributed by atoms with E-state index in [1.54, 1.807) is 0 Å². The minimum atomic E-state index is -3.04. The van der Waals surface area contributed by atoms with Gasteiger partial charge in [0.25, 0.3) is 0 Å². The van der Waals surface area contributed by atoms with E-state index in [4.69, 9.17) is 9.73 Å². The molecule has 2 aromatic rings. The average molecular weight is 397 g/mol. The van der Waals surface area contributed by atoms with Crippen LogP contribution in [-0.2, 0) is 9.30 Å². The number of hydrogen-bond donors (Lipinski definition) is 0. The molecule has 0 spiro atoms. The van der Waals surface area contributed by atoms with Crippen LogP contribution < -0.4 is 10.6 Å². The second-order valence-corrected chi connectivity index (χ2v) is 12.6. The highest BCUT2D eigenvalue weighted by molar-refractivity contribution is 7.80. The summed E-state index contributed by atoms with van der Waals surface area (Å²) in [5.41, 5.74) is -0.599. The first-order valence-electron chi connectivity index (χ1n) is 9.96. The molecule has 4 heteroatoms. The molecule has 0 unspecified atom stereocenters. The number of hydrogen-bond acceptors (Lipinski definition) is 3. The normalized spacial score (nSPS) is 19.1. The van der Waals surface area contributed by atoms with Crippen molar-refractivity contribution in [3.8, 4) is 0 Å². The monoisotopic (exact) mass is 397 g/mol. The van der Waals surface area contributed by atoms with Crippen molar-refractivity contribution in [2.24, 2.45) is 15.8 Å². The van der Waals surface area contributed by atoms with Crippen molar-refractivity contribution in [3.63, 3.8) is 0 Å². The third-order valence-corrected chi connectivity index (χ3v) is 9.22. The molecule has 0 fully saturated rings. The van der Waals surface area contributed by atoms with Gasteiger partial charge in [0.2, 0.25) is 0 Å². The number of benzene rings is 2. The summed E-state index contributed by atoms with van der Waals surface area (Å²) in [5.74, 6) is 0.642. The van der Waals surface area contributed by atoms with Crippen LogP contribution in [0.3, 0.4) is 0 Å². The molecule has 150 valence electrons. The first kappa shape index (κ1) is 20.9. The van der Waals surface area contributed by atoms with Crippen molar-refractivity contribution in [2.45, 2.75) is 53.2 Å². The molecule has 2 aromatic carbocycles. The Balaban J connectivity index is 2.22. The van der Waals surface area contributed by atoms with Crippen LogP contribution >= 0.6 is 7.14 Å². The largest absolute Gasteiger partial charge is 0.478 e. The third kappa shape index (κ3) is 3.96. The zero-order chi connectivity index (χ0) is 20.6. The lowest BCUT2D eigenvalue weighted by atomic mass is 9.88. The Labute approximate surface area is 169 Å². The molecular formula is C24H32NO2P. The van der Waals surface area contributed by atoms with Crippen molar-refractivity contribution in [1.29, 1.82) is 0 Å². The van der Waals surface area contributed by atoms with E-state index in [-0.39, 0.29) is 22.5 Å². The molecule has 3 nitrogen and oxygen atoms in total. The molecule has 1 heterocycles. The Morgan fingerprint density at radius 3 is 1.71 bits per heavy atom. The number of ether oxygens (including phenoxy) is 1. The summed E-state index contributed by atoms with van der Waals surface area (Å²) in [7, 11) is -3.04. The van der Waals surface area contributed by atoms with E-state index in [9.17, 15) is 4.57 Å². The Bertz CT molecular complexity index is 833. The molecule has 1 aliphatic heterocycles. The molecule has 0 saturated carbocycles. The highest BCUT2D eigenvalue weighted by Crippen LogP contribution is 2.56. The minimum absolute atomic E-state index is 0.00761. The first-order valence-corrected chi connectivity index (χ1v) is 11.7. The lowest BCUT2D eigenvalue weighted by molar-refractivity contribution is 0.229. The lowest BCUT2D eigenvalue weighted by Crippen LogP contribution is -2.41. The summed E-state index contributed by atoms with van der Waals surface area (Å²) in [6.07, 6.45) is 0. The Hall–Kier alpha value is -1.86. The SMILES string of the molecule is CC(C)(C)[C@H]1COC([C@@H](C(C)(C)C)P(=O)(c2ccccc2)c2ccccc2)=N1. The number of nitrogens with zero attached hydrogens (tertiary/aromatic N) is 1. The van der Waals surface area contributed by atoms with Crippen LogP contribution in [0.4, 0.5) is 0 Å². The van der Waals surface area contributed by atoms with Crippen molar-refractivity contribution in [2.75, 3.05) is 6.61 Å². The zero-order valence-electron chi connectivity index (χ0n) is 17.8. The van der Waals surface area contributed by atoms with E-state index in [2.05, 4.69) is 41.5 Å². The van der Waals surface area contributed by atoms with E-state index in [1.807, 2.05) is 60.7 Å². The smallest absolute Gasteiger partial charge is 0.195 e. The fraction of sp³-hybridized carbons (Fsp3) is 0.458. The van der Waals surface area contributed by atoms with Crippen LogP contribution in [0.25, 0.3) is 0 Å². The summed E-state index contributed by atoms with van der Waals surface area (Å²) in [5, 5.41) is 1.71. The van der Waals surface area contributed by atoms with Gasteiger partial charge in [-0.25, -0.2) is 4.99 Å². The summed E-state index contributed by atoms with van der Waals surface area (Å²) in [6, 6.07) is 19.7. The van der Waals surface area contributed by atoms with Gasteiger partial charge in [-0.05, 0) is 10.8 Å². The van der Waals surface area contributed by atoms with Crippen molar-refractivity contribution in [3.05, 3.63) is 60.7 Å². The Morgan fingerprint density at radius 1 is 0.893 bits per heavy atom. The van der Waals surface area contributed by atoms with Gasteiger partial charge >= 0.3 is 0 Å². The van der Waals surface area contributed by atoms with E-state index in [0.29, 0.717) is 12.5 Å². The molecule has 0 N–H and O–H groups in total. The lowest BCUT2D eigenvalue weighted by Gasteiger charge is -2.37. The quantitative estimate of drug-likeness (QED) is 0.660. The van der Waals surface area contributed by atoms with Crippen molar-refractivity contribution in [1.82, 2.24) is 0 Å². The predicted octanol–water partition coefficient (Wildman–Crippen LogP) is 5.26. The van der Waals surface area contributed by atoms with Crippen LogP contribution in [0.1, 0.15) is 41.5 Å². The molecule has 0 aromatic heterocycles. The first-order chi connectivity index (χ1) is 13.0. The number of rotatable bonds is 4. The van der Waals surface area contributed by atoms with Gasteiger partial charge in [-0.1, -0.05) is 102 Å². The second kappa shape index (κ2) is 7.52. The fourth-order valence-electron chi connectivity index (χ4n) is 3.80. The summed E-state index contributed by atoms with van der Waals surface area (Å²) in [4.78, 5) is 4.97. The Kier molecular flexibility index (Phi) is 5.60. The molecule has 0 saturated heterocycles. The Morgan fingerprint density at radius 2 is 1.36 bits per heavy atom. The van der Waals surface area contributed by atoms with Crippen LogP contribution in [0.2, 0.25) is 0 Å². The molecule has 3 rings (SSSR count). The van der Waals surface area contributed by atoms with Gasteiger partial charge in [-0.3, -0.25) is 0 Å². The standard InChI is InChI=1S/C24H32NO2P/c1-23(2,3)20-17-27-22(25-20)21(24(4,5)6)28(26,18-13-9-7-10-14-18)19-15-11-8-12-16-19/h7-16,20-21H,17H2,1-6H3/t20-,21+/m1/s1. The minimum Gasteiger partial charge on any atom is -0.478 e. The highest BCUT2D eigenvalue weighted by atomic mass is 31.2. The van der Waals surface area contributed by atoms with Gasteiger partial charge in [-0.15, -0.1) is 0 Å². The van der Waals surface area contributed by atoms with Gasteiger partial charge < -0.3 is 9.30 Å². The molecule has 1 aliphatic rings. The topological polar surface area (TPSA) is 38.7 Å². The van der Waals surface area contributed by atoms with Crippen LogP contribution in [0.5, 0.6) is 0 Å². The fourth-order valence-corrected chi connectivity index (χ4v) is 7.47. The number of aliphatic imine (C=N–C) groups is 1. The summed E-state index contributed by atoms with van der Waals surface area (Å²) >= 11 is 0. The van der Waals surface area contributed by atoms with E-state index in [0.717, 1.165) is 10.6 Å². The second-order valence-electron chi connectivity index (χ2n) is 9.76. The van der Waals surface area contributed by atoms with Crippen LogP contribution in [-0.4, -0.2) is 24.2 Å². The highest BCUT2D eigenvalue weighted by Gasteiger charge is 2.49.